The van der Waals surface area contributed by atoms with Crippen LogP contribution < -0.4 is 11.1 Å². The third-order valence-electron chi connectivity index (χ3n) is 4.99. The van der Waals surface area contributed by atoms with Crippen LogP contribution in [-0.2, 0) is 11.3 Å². The number of hydrogen-bond acceptors (Lipinski definition) is 3. The molecule has 1 unspecified atom stereocenters. The van der Waals surface area contributed by atoms with Gasteiger partial charge in [-0.15, -0.1) is 0 Å². The third kappa shape index (κ3) is 5.81. The normalized spacial score (nSPS) is 17.3. The molecule has 1 atom stereocenters. The summed E-state index contributed by atoms with van der Waals surface area (Å²) < 4.78 is 13.1. The smallest absolute Gasteiger partial charge is 0.316 e. The van der Waals surface area contributed by atoms with E-state index in [9.17, 15) is 14.0 Å². The molecule has 8 heteroatoms. The average Bonchev–Trinajstić information content (AvgIpc) is 2.68. The van der Waals surface area contributed by atoms with E-state index in [4.69, 9.17) is 17.3 Å². The number of amides is 3. The van der Waals surface area contributed by atoms with E-state index in [0.717, 1.165) is 25.2 Å². The Labute approximate surface area is 180 Å². The van der Waals surface area contributed by atoms with Crippen molar-refractivity contribution in [1.82, 2.24) is 9.80 Å². The van der Waals surface area contributed by atoms with Gasteiger partial charge in [0, 0.05) is 43.3 Å². The fraction of sp³-hybridized carbons (Fsp3) is 0.273. The van der Waals surface area contributed by atoms with E-state index in [-0.39, 0.29) is 17.8 Å². The summed E-state index contributed by atoms with van der Waals surface area (Å²) in [5, 5.41) is 2.96. The molecule has 1 fully saturated rings. The number of carbonyl (C=O) groups is 2. The van der Waals surface area contributed by atoms with Crippen LogP contribution in [0.1, 0.15) is 18.1 Å². The van der Waals surface area contributed by atoms with Crippen molar-refractivity contribution in [2.24, 2.45) is 5.73 Å². The van der Waals surface area contributed by atoms with Crippen molar-refractivity contribution in [3.63, 3.8) is 0 Å². The Hall–Kier alpha value is -2.90. The minimum atomic E-state index is -0.704. The van der Waals surface area contributed by atoms with E-state index < -0.39 is 6.03 Å². The van der Waals surface area contributed by atoms with Crippen LogP contribution in [0.3, 0.4) is 0 Å². The molecular weight excluding hydrogens is 407 g/mol. The Bertz CT molecular complexity index is 949. The number of halogens is 2. The molecule has 1 aliphatic heterocycles. The summed E-state index contributed by atoms with van der Waals surface area (Å²) in [4.78, 5) is 28.0. The molecule has 0 radical (unpaired) electrons. The second-order valence-electron chi connectivity index (χ2n) is 7.30. The predicted octanol–water partition coefficient (Wildman–Crippen LogP) is 3.72. The van der Waals surface area contributed by atoms with Gasteiger partial charge in [0.25, 0.3) is 0 Å². The number of rotatable bonds is 5. The number of piperazine rings is 1. The van der Waals surface area contributed by atoms with Crippen molar-refractivity contribution in [2.75, 3.05) is 25.0 Å². The van der Waals surface area contributed by atoms with E-state index in [2.05, 4.69) is 10.2 Å². The molecule has 1 saturated heterocycles. The number of hydrogen-bond donors (Lipinski definition) is 2. The van der Waals surface area contributed by atoms with Crippen molar-refractivity contribution in [3.05, 3.63) is 70.5 Å². The lowest BCUT2D eigenvalue weighted by Gasteiger charge is -2.39. The van der Waals surface area contributed by atoms with E-state index in [1.54, 1.807) is 36.4 Å². The number of nitrogens with two attached hydrogens (primary N) is 1. The number of primary amides is 1. The highest BCUT2D eigenvalue weighted by atomic mass is 35.5. The fourth-order valence-corrected chi connectivity index (χ4v) is 3.70. The quantitative estimate of drug-likeness (QED) is 0.709. The van der Waals surface area contributed by atoms with Gasteiger partial charge in [0.15, 0.2) is 0 Å². The molecule has 158 valence electrons. The van der Waals surface area contributed by atoms with Crippen LogP contribution in [0.2, 0.25) is 5.02 Å². The highest BCUT2D eigenvalue weighted by Crippen LogP contribution is 2.23. The standard InChI is InChI=1S/C22H24ClFN4O2/c1-15-13-27(14-16-2-7-19(24)8-3-16)10-11-28(15)21(29)9-5-17-4-6-18(23)12-20(17)26-22(25)30/h2-9,12,15H,10-11,13-14H2,1H3,(H3,25,26,30). The van der Waals surface area contributed by atoms with Crippen molar-refractivity contribution >= 4 is 35.3 Å². The summed E-state index contributed by atoms with van der Waals surface area (Å²) in [6.45, 7) is 4.78. The molecule has 3 amide bonds. The first kappa shape index (κ1) is 21.8. The maximum absolute atomic E-state index is 13.1. The molecule has 0 aromatic heterocycles. The van der Waals surface area contributed by atoms with Gasteiger partial charge in [-0.1, -0.05) is 29.8 Å². The molecule has 0 saturated carbocycles. The molecule has 0 aliphatic carbocycles. The number of benzene rings is 2. The van der Waals surface area contributed by atoms with Crippen LogP contribution in [0.4, 0.5) is 14.9 Å². The van der Waals surface area contributed by atoms with Gasteiger partial charge in [-0.05, 0) is 48.4 Å². The summed E-state index contributed by atoms with van der Waals surface area (Å²) in [5.74, 6) is -0.354. The SMILES string of the molecule is CC1CN(Cc2ccc(F)cc2)CCN1C(=O)C=Cc1ccc(Cl)cc1NC(N)=O. The van der Waals surface area contributed by atoms with Gasteiger partial charge in [-0.2, -0.15) is 0 Å². The van der Waals surface area contributed by atoms with Crippen LogP contribution in [0.15, 0.2) is 48.5 Å². The lowest BCUT2D eigenvalue weighted by Crippen LogP contribution is -2.53. The predicted molar refractivity (Wildman–Crippen MR) is 117 cm³/mol. The first-order valence-electron chi connectivity index (χ1n) is 9.63. The summed E-state index contributed by atoms with van der Waals surface area (Å²) in [5.41, 5.74) is 7.31. The van der Waals surface area contributed by atoms with E-state index in [1.165, 1.54) is 18.2 Å². The molecule has 2 aromatic rings. The van der Waals surface area contributed by atoms with Gasteiger partial charge in [0.05, 0.1) is 5.69 Å². The van der Waals surface area contributed by atoms with Crippen LogP contribution in [0, 0.1) is 5.82 Å². The van der Waals surface area contributed by atoms with E-state index in [0.29, 0.717) is 22.8 Å². The summed E-state index contributed by atoms with van der Waals surface area (Å²) in [6, 6.07) is 10.8. The van der Waals surface area contributed by atoms with Gasteiger partial charge >= 0.3 is 6.03 Å². The molecule has 0 spiro atoms. The first-order valence-corrected chi connectivity index (χ1v) is 10.0. The van der Waals surface area contributed by atoms with E-state index >= 15 is 0 Å². The van der Waals surface area contributed by atoms with Gasteiger partial charge in [-0.25, -0.2) is 9.18 Å². The number of nitrogens with zero attached hydrogens (tertiary/aromatic N) is 2. The third-order valence-corrected chi connectivity index (χ3v) is 5.23. The van der Waals surface area contributed by atoms with Gasteiger partial charge < -0.3 is 16.0 Å². The largest absolute Gasteiger partial charge is 0.351 e. The summed E-state index contributed by atoms with van der Waals surface area (Å²) in [6.07, 6.45) is 3.13. The molecular formula is C22H24ClFN4O2. The van der Waals surface area contributed by atoms with Gasteiger partial charge in [-0.3, -0.25) is 9.69 Å². The van der Waals surface area contributed by atoms with Crippen LogP contribution in [0.25, 0.3) is 6.08 Å². The molecule has 1 aliphatic rings. The Morgan fingerprint density at radius 2 is 1.97 bits per heavy atom. The topological polar surface area (TPSA) is 78.7 Å². The Balaban J connectivity index is 1.61. The van der Waals surface area contributed by atoms with Crippen LogP contribution in [0.5, 0.6) is 0 Å². The second-order valence-corrected chi connectivity index (χ2v) is 7.73. The molecule has 3 N–H and O–H groups in total. The zero-order valence-corrected chi connectivity index (χ0v) is 17.4. The average molecular weight is 431 g/mol. The summed E-state index contributed by atoms with van der Waals surface area (Å²) in [7, 11) is 0. The maximum Gasteiger partial charge on any atom is 0.316 e. The lowest BCUT2D eigenvalue weighted by atomic mass is 10.1. The fourth-order valence-electron chi connectivity index (χ4n) is 3.52. The van der Waals surface area contributed by atoms with Crippen LogP contribution in [-0.4, -0.2) is 47.4 Å². The number of anilines is 1. The zero-order chi connectivity index (χ0) is 21.7. The maximum atomic E-state index is 13.1. The van der Waals surface area contributed by atoms with Crippen LogP contribution >= 0.6 is 11.6 Å². The van der Waals surface area contributed by atoms with Gasteiger partial charge in [0.2, 0.25) is 5.91 Å². The lowest BCUT2D eigenvalue weighted by molar-refractivity contribution is -0.130. The van der Waals surface area contributed by atoms with Crippen molar-refractivity contribution < 1.29 is 14.0 Å². The summed E-state index contributed by atoms with van der Waals surface area (Å²) >= 11 is 5.97. The highest BCUT2D eigenvalue weighted by molar-refractivity contribution is 6.31. The zero-order valence-electron chi connectivity index (χ0n) is 16.6. The number of carbonyl (C=O) groups excluding carboxylic acids is 2. The van der Waals surface area contributed by atoms with Crippen molar-refractivity contribution in [3.8, 4) is 0 Å². The van der Waals surface area contributed by atoms with E-state index in [1.807, 2.05) is 11.8 Å². The molecule has 0 bridgehead atoms. The van der Waals surface area contributed by atoms with Crippen molar-refractivity contribution in [1.29, 1.82) is 0 Å². The molecule has 2 aromatic carbocycles. The molecule has 1 heterocycles. The second kappa shape index (κ2) is 9.73. The minimum absolute atomic E-state index is 0.0322. The Morgan fingerprint density at radius 1 is 1.23 bits per heavy atom. The Kier molecular flexibility index (Phi) is 7.07. The first-order chi connectivity index (χ1) is 14.3. The number of nitrogens with one attached hydrogen (secondary N) is 1. The molecule has 6 nitrogen and oxygen atoms in total. The number of urea groups is 1. The Morgan fingerprint density at radius 3 is 2.63 bits per heavy atom. The van der Waals surface area contributed by atoms with Crippen molar-refractivity contribution in [2.45, 2.75) is 19.5 Å². The highest BCUT2D eigenvalue weighted by Gasteiger charge is 2.26. The molecule has 3 rings (SSSR count). The minimum Gasteiger partial charge on any atom is -0.351 e. The van der Waals surface area contributed by atoms with Gasteiger partial charge in [0.1, 0.15) is 5.82 Å². The monoisotopic (exact) mass is 430 g/mol. The molecule has 30 heavy (non-hydrogen) atoms.